The van der Waals surface area contributed by atoms with Gasteiger partial charge in [0.2, 0.25) is 5.91 Å². The van der Waals surface area contributed by atoms with Crippen LogP contribution in [0.4, 0.5) is 10.5 Å². The van der Waals surface area contributed by atoms with Gasteiger partial charge in [0, 0.05) is 18.2 Å². The van der Waals surface area contributed by atoms with Crippen molar-refractivity contribution in [1.82, 2.24) is 10.2 Å². The van der Waals surface area contributed by atoms with E-state index in [0.29, 0.717) is 17.2 Å². The van der Waals surface area contributed by atoms with E-state index in [4.69, 9.17) is 9.47 Å². The fraction of sp³-hybridized carbons (Fsp3) is 0.286. The first kappa shape index (κ1) is 20.2. The normalized spacial score (nSPS) is 15.8. The highest BCUT2D eigenvalue weighted by Crippen LogP contribution is 2.19. The van der Waals surface area contributed by atoms with Crippen molar-refractivity contribution >= 4 is 23.5 Å². The lowest BCUT2D eigenvalue weighted by atomic mass is 10.1. The van der Waals surface area contributed by atoms with Crippen LogP contribution in [0.25, 0.3) is 0 Å². The third-order valence-corrected chi connectivity index (χ3v) is 4.62. The van der Waals surface area contributed by atoms with E-state index < -0.39 is 12.1 Å². The average molecular weight is 397 g/mol. The zero-order chi connectivity index (χ0) is 20.8. The molecule has 8 heteroatoms. The van der Waals surface area contributed by atoms with Gasteiger partial charge in [-0.2, -0.15) is 0 Å². The topological polar surface area (TPSA) is 97.0 Å². The zero-order valence-corrected chi connectivity index (χ0v) is 16.3. The minimum Gasteiger partial charge on any atom is -0.497 e. The second kappa shape index (κ2) is 9.09. The Balaban J connectivity index is 1.53. The number of urea groups is 1. The van der Waals surface area contributed by atoms with Gasteiger partial charge in [0.15, 0.2) is 0 Å². The summed E-state index contributed by atoms with van der Waals surface area (Å²) in [5, 5.41) is 5.41. The predicted molar refractivity (Wildman–Crippen MR) is 107 cm³/mol. The van der Waals surface area contributed by atoms with Crippen molar-refractivity contribution in [2.45, 2.75) is 25.4 Å². The molecule has 0 radical (unpaired) electrons. The van der Waals surface area contributed by atoms with E-state index in [1.807, 2.05) is 0 Å². The van der Waals surface area contributed by atoms with Crippen LogP contribution in [0.3, 0.4) is 0 Å². The van der Waals surface area contributed by atoms with E-state index in [0.717, 1.165) is 10.5 Å². The van der Waals surface area contributed by atoms with Gasteiger partial charge in [0.25, 0.3) is 5.91 Å². The average Bonchev–Trinajstić information content (AvgIpc) is 3.00. The van der Waals surface area contributed by atoms with Crippen LogP contribution in [-0.4, -0.2) is 43.0 Å². The highest BCUT2D eigenvalue weighted by atomic mass is 16.5. The van der Waals surface area contributed by atoms with Crippen LogP contribution < -0.4 is 20.1 Å². The van der Waals surface area contributed by atoms with E-state index >= 15 is 0 Å². The second-order valence-corrected chi connectivity index (χ2v) is 6.59. The molecule has 1 aliphatic heterocycles. The summed E-state index contributed by atoms with van der Waals surface area (Å²) in [6, 6.07) is 13.0. The van der Waals surface area contributed by atoms with Crippen molar-refractivity contribution in [2.24, 2.45) is 0 Å². The number of ether oxygens (including phenoxy) is 2. The van der Waals surface area contributed by atoms with Crippen molar-refractivity contribution < 1.29 is 23.9 Å². The molecule has 0 unspecified atom stereocenters. The molecule has 8 nitrogen and oxygen atoms in total. The Morgan fingerprint density at radius 1 is 1.07 bits per heavy atom. The lowest BCUT2D eigenvalue weighted by Crippen LogP contribution is -2.31. The minimum atomic E-state index is -0.711. The lowest BCUT2D eigenvalue weighted by Gasteiger charge is -2.13. The maximum Gasteiger partial charge on any atom is 0.325 e. The van der Waals surface area contributed by atoms with Crippen LogP contribution in [0, 0.1) is 0 Å². The first-order valence-electron chi connectivity index (χ1n) is 9.19. The highest BCUT2D eigenvalue weighted by Gasteiger charge is 2.37. The number of benzene rings is 2. The number of methoxy groups -OCH3 is 2. The molecule has 0 aromatic heterocycles. The Morgan fingerprint density at radius 2 is 1.79 bits per heavy atom. The van der Waals surface area contributed by atoms with E-state index in [1.54, 1.807) is 62.8 Å². The Labute approximate surface area is 168 Å². The molecule has 29 heavy (non-hydrogen) atoms. The number of carbonyl (C=O) groups is 3. The van der Waals surface area contributed by atoms with E-state index in [2.05, 4.69) is 10.6 Å². The molecule has 1 saturated heterocycles. The van der Waals surface area contributed by atoms with Crippen molar-refractivity contribution in [3.05, 3.63) is 54.1 Å². The quantitative estimate of drug-likeness (QED) is 0.667. The molecule has 3 rings (SSSR count). The van der Waals surface area contributed by atoms with Gasteiger partial charge in [-0.1, -0.05) is 18.2 Å². The number of hydrogen-bond acceptors (Lipinski definition) is 5. The van der Waals surface area contributed by atoms with Gasteiger partial charge < -0.3 is 20.1 Å². The molecule has 1 fully saturated rings. The van der Waals surface area contributed by atoms with Crippen molar-refractivity contribution in [2.75, 3.05) is 19.5 Å². The molecule has 2 N–H and O–H groups in total. The molecular weight excluding hydrogens is 374 g/mol. The van der Waals surface area contributed by atoms with E-state index in [1.165, 1.54) is 0 Å². The zero-order valence-electron chi connectivity index (χ0n) is 16.3. The van der Waals surface area contributed by atoms with Gasteiger partial charge in [-0.3, -0.25) is 14.5 Å². The van der Waals surface area contributed by atoms with Gasteiger partial charge in [0.05, 0.1) is 20.8 Å². The van der Waals surface area contributed by atoms with Crippen LogP contribution >= 0.6 is 0 Å². The number of carbonyl (C=O) groups excluding carboxylic acids is 3. The van der Waals surface area contributed by atoms with E-state index in [9.17, 15) is 14.4 Å². The maximum atomic E-state index is 12.6. The molecule has 0 bridgehead atoms. The van der Waals surface area contributed by atoms with Gasteiger partial charge >= 0.3 is 6.03 Å². The van der Waals surface area contributed by atoms with E-state index in [-0.39, 0.29) is 31.2 Å². The molecule has 1 aliphatic rings. The summed E-state index contributed by atoms with van der Waals surface area (Å²) in [4.78, 5) is 38.1. The molecule has 0 aliphatic carbocycles. The van der Waals surface area contributed by atoms with Crippen molar-refractivity contribution in [3.8, 4) is 11.5 Å². The Hall–Kier alpha value is -3.55. The molecule has 0 spiro atoms. The van der Waals surface area contributed by atoms with Crippen LogP contribution in [0.15, 0.2) is 48.5 Å². The summed E-state index contributed by atoms with van der Waals surface area (Å²) in [5.74, 6) is 0.759. The summed E-state index contributed by atoms with van der Waals surface area (Å²) >= 11 is 0. The molecule has 4 amide bonds. The number of anilines is 1. The van der Waals surface area contributed by atoms with Gasteiger partial charge in [-0.15, -0.1) is 0 Å². The summed E-state index contributed by atoms with van der Waals surface area (Å²) in [7, 11) is 3.12. The number of amides is 4. The Kier molecular flexibility index (Phi) is 6.33. The van der Waals surface area contributed by atoms with Crippen molar-refractivity contribution in [1.29, 1.82) is 0 Å². The second-order valence-electron chi connectivity index (χ2n) is 6.59. The summed E-state index contributed by atoms with van der Waals surface area (Å²) in [6.07, 6.45) is 0.323. The van der Waals surface area contributed by atoms with Crippen LogP contribution in [0.1, 0.15) is 18.4 Å². The van der Waals surface area contributed by atoms with Crippen molar-refractivity contribution in [3.63, 3.8) is 0 Å². The SMILES string of the molecule is COc1ccc(CN2C(=O)N[C@@H](CCC(=O)Nc3cccc(OC)c3)C2=O)cc1. The Morgan fingerprint density at radius 3 is 2.48 bits per heavy atom. The van der Waals surface area contributed by atoms with Crippen LogP contribution in [0.2, 0.25) is 0 Å². The van der Waals surface area contributed by atoms with Gasteiger partial charge in [-0.05, 0) is 36.2 Å². The standard InChI is InChI=1S/C21H23N3O5/c1-28-16-8-6-14(7-9-16)13-24-20(26)18(23-21(24)27)10-11-19(25)22-15-4-3-5-17(12-15)29-2/h3-9,12,18H,10-11,13H2,1-2H3,(H,22,25)(H,23,27)/t18-/m0/s1. The summed E-state index contributed by atoms with van der Waals surface area (Å²) < 4.78 is 10.2. The first-order valence-corrected chi connectivity index (χ1v) is 9.19. The van der Waals surface area contributed by atoms with Gasteiger partial charge in [0.1, 0.15) is 17.5 Å². The lowest BCUT2D eigenvalue weighted by molar-refractivity contribution is -0.128. The fourth-order valence-corrected chi connectivity index (χ4v) is 3.04. The maximum absolute atomic E-state index is 12.6. The fourth-order valence-electron chi connectivity index (χ4n) is 3.04. The molecule has 0 saturated carbocycles. The minimum absolute atomic E-state index is 0.101. The third kappa shape index (κ3) is 5.04. The molecular formula is C21H23N3O5. The third-order valence-electron chi connectivity index (χ3n) is 4.62. The Bertz CT molecular complexity index is 897. The molecule has 152 valence electrons. The highest BCUT2D eigenvalue weighted by molar-refractivity contribution is 6.04. The van der Waals surface area contributed by atoms with Crippen LogP contribution in [-0.2, 0) is 16.1 Å². The summed E-state index contributed by atoms with van der Waals surface area (Å²) in [6.45, 7) is 0.168. The number of nitrogens with zero attached hydrogens (tertiary/aromatic N) is 1. The number of nitrogens with one attached hydrogen (secondary N) is 2. The number of hydrogen-bond donors (Lipinski definition) is 2. The largest absolute Gasteiger partial charge is 0.497 e. The smallest absolute Gasteiger partial charge is 0.325 e. The number of rotatable bonds is 8. The number of imide groups is 1. The monoisotopic (exact) mass is 397 g/mol. The molecule has 2 aromatic carbocycles. The van der Waals surface area contributed by atoms with Crippen LogP contribution in [0.5, 0.6) is 11.5 Å². The predicted octanol–water partition coefficient (Wildman–Crippen LogP) is 2.54. The summed E-state index contributed by atoms with van der Waals surface area (Å²) in [5.41, 5.74) is 1.42. The molecule has 1 heterocycles. The molecule has 2 aromatic rings. The first-order chi connectivity index (χ1) is 14.0. The molecule has 1 atom stereocenters. The van der Waals surface area contributed by atoms with Gasteiger partial charge in [-0.25, -0.2) is 4.79 Å².